The van der Waals surface area contributed by atoms with Crippen molar-refractivity contribution in [3.63, 3.8) is 0 Å². The van der Waals surface area contributed by atoms with Crippen molar-refractivity contribution in [2.75, 3.05) is 0 Å². The van der Waals surface area contributed by atoms with Gasteiger partial charge < -0.3 is 4.79 Å². The van der Waals surface area contributed by atoms with E-state index in [4.69, 9.17) is 0 Å². The van der Waals surface area contributed by atoms with E-state index in [1.54, 1.807) is 0 Å². The van der Waals surface area contributed by atoms with Gasteiger partial charge in [0, 0.05) is 18.0 Å². The zero-order chi connectivity index (χ0) is 10.7. The highest BCUT2D eigenvalue weighted by molar-refractivity contribution is 5.57. The Labute approximate surface area is 89.8 Å². The van der Waals surface area contributed by atoms with E-state index in [-0.39, 0.29) is 18.0 Å². The molecule has 1 aliphatic rings. The van der Waals surface area contributed by atoms with Gasteiger partial charge in [-0.05, 0) is 18.9 Å². The van der Waals surface area contributed by atoms with Crippen LogP contribution in [0.1, 0.15) is 12.5 Å². The molecule has 3 nitrogen and oxygen atoms in total. The SMILES string of the molecule is CC1NNC(Cc2ccccc2)C1C=O. The third-order valence-electron chi connectivity index (χ3n) is 2.99. The highest BCUT2D eigenvalue weighted by Gasteiger charge is 2.32. The van der Waals surface area contributed by atoms with Gasteiger partial charge in [0.15, 0.2) is 0 Å². The van der Waals surface area contributed by atoms with Crippen molar-refractivity contribution in [3.05, 3.63) is 35.9 Å². The molecule has 80 valence electrons. The molecule has 1 fully saturated rings. The molecule has 0 radical (unpaired) electrons. The van der Waals surface area contributed by atoms with Crippen LogP contribution >= 0.6 is 0 Å². The lowest BCUT2D eigenvalue weighted by Gasteiger charge is -2.14. The third kappa shape index (κ3) is 2.25. The van der Waals surface area contributed by atoms with Crippen LogP contribution in [0.15, 0.2) is 30.3 Å². The van der Waals surface area contributed by atoms with Gasteiger partial charge in [0.1, 0.15) is 6.29 Å². The van der Waals surface area contributed by atoms with Gasteiger partial charge in [-0.15, -0.1) is 0 Å². The average molecular weight is 204 g/mol. The number of carbonyl (C=O) groups excluding carboxylic acids is 1. The van der Waals surface area contributed by atoms with Crippen LogP contribution in [-0.4, -0.2) is 18.4 Å². The molecule has 1 aromatic rings. The molecular formula is C12H16N2O. The van der Waals surface area contributed by atoms with E-state index in [9.17, 15) is 4.79 Å². The number of hydrogen-bond donors (Lipinski definition) is 2. The lowest BCUT2D eigenvalue weighted by Crippen LogP contribution is -2.34. The van der Waals surface area contributed by atoms with Gasteiger partial charge in [0.25, 0.3) is 0 Å². The molecule has 2 N–H and O–H groups in total. The molecule has 1 saturated heterocycles. The van der Waals surface area contributed by atoms with Crippen LogP contribution in [0.4, 0.5) is 0 Å². The van der Waals surface area contributed by atoms with E-state index in [1.807, 2.05) is 25.1 Å². The van der Waals surface area contributed by atoms with E-state index in [1.165, 1.54) is 5.56 Å². The Bertz CT molecular complexity index is 326. The van der Waals surface area contributed by atoms with Gasteiger partial charge in [0.2, 0.25) is 0 Å². The van der Waals surface area contributed by atoms with E-state index in [2.05, 4.69) is 23.0 Å². The van der Waals surface area contributed by atoms with E-state index in [0.717, 1.165) is 12.7 Å². The number of carbonyl (C=O) groups is 1. The molecule has 3 unspecified atom stereocenters. The summed E-state index contributed by atoms with van der Waals surface area (Å²) in [6.45, 7) is 2.02. The molecule has 1 heterocycles. The van der Waals surface area contributed by atoms with Crippen LogP contribution in [0.25, 0.3) is 0 Å². The topological polar surface area (TPSA) is 41.1 Å². The minimum Gasteiger partial charge on any atom is -0.303 e. The maximum Gasteiger partial charge on any atom is 0.126 e. The number of nitrogens with one attached hydrogen (secondary N) is 2. The van der Waals surface area contributed by atoms with Crippen LogP contribution < -0.4 is 10.9 Å². The van der Waals surface area contributed by atoms with Crippen LogP contribution in [0, 0.1) is 5.92 Å². The fourth-order valence-corrected chi connectivity index (χ4v) is 2.05. The molecule has 0 aliphatic carbocycles. The molecule has 3 atom stereocenters. The predicted molar refractivity (Wildman–Crippen MR) is 59.2 cm³/mol. The Morgan fingerprint density at radius 3 is 2.67 bits per heavy atom. The fourth-order valence-electron chi connectivity index (χ4n) is 2.05. The minimum absolute atomic E-state index is 0.0604. The summed E-state index contributed by atoms with van der Waals surface area (Å²) in [6, 6.07) is 10.7. The standard InChI is InChI=1S/C12H16N2O/c1-9-11(8-15)12(14-13-9)7-10-5-3-2-4-6-10/h2-6,8-9,11-14H,7H2,1H3. The molecule has 0 bridgehead atoms. The number of benzene rings is 1. The first-order chi connectivity index (χ1) is 7.31. The second kappa shape index (κ2) is 4.55. The minimum atomic E-state index is 0.0604. The van der Waals surface area contributed by atoms with Crippen LogP contribution in [0.5, 0.6) is 0 Å². The molecule has 0 aromatic heterocycles. The largest absolute Gasteiger partial charge is 0.303 e. The predicted octanol–water partition coefficient (Wildman–Crippen LogP) is 0.909. The highest BCUT2D eigenvalue weighted by Crippen LogP contribution is 2.16. The summed E-state index contributed by atoms with van der Waals surface area (Å²) in [4.78, 5) is 10.9. The third-order valence-corrected chi connectivity index (χ3v) is 2.99. The second-order valence-corrected chi connectivity index (χ2v) is 4.09. The molecule has 0 amide bonds. The Morgan fingerprint density at radius 1 is 1.27 bits per heavy atom. The number of rotatable bonds is 3. The van der Waals surface area contributed by atoms with Crippen molar-refractivity contribution in [2.45, 2.75) is 25.4 Å². The summed E-state index contributed by atoms with van der Waals surface area (Å²) in [5.74, 6) is 0.0604. The van der Waals surface area contributed by atoms with Crippen LogP contribution in [0.3, 0.4) is 0 Å². The zero-order valence-corrected chi connectivity index (χ0v) is 8.81. The number of hydrazine groups is 1. The summed E-state index contributed by atoms with van der Waals surface area (Å²) >= 11 is 0. The molecule has 1 aromatic carbocycles. The zero-order valence-electron chi connectivity index (χ0n) is 8.81. The molecule has 1 aliphatic heterocycles. The molecule has 15 heavy (non-hydrogen) atoms. The van der Waals surface area contributed by atoms with Crippen LogP contribution in [0.2, 0.25) is 0 Å². The molecule has 3 heteroatoms. The monoisotopic (exact) mass is 204 g/mol. The Hall–Kier alpha value is -1.19. The summed E-state index contributed by atoms with van der Waals surface area (Å²) < 4.78 is 0. The van der Waals surface area contributed by atoms with Crippen LogP contribution in [-0.2, 0) is 11.2 Å². The van der Waals surface area contributed by atoms with Crippen molar-refractivity contribution in [1.29, 1.82) is 0 Å². The van der Waals surface area contributed by atoms with Gasteiger partial charge in [-0.25, -0.2) is 0 Å². The molecule has 0 saturated carbocycles. The smallest absolute Gasteiger partial charge is 0.126 e. The first kappa shape index (κ1) is 10.3. The Kier molecular flexibility index (Phi) is 3.14. The number of hydrogen-bond acceptors (Lipinski definition) is 3. The summed E-state index contributed by atoms with van der Waals surface area (Å²) in [6.07, 6.45) is 1.94. The highest BCUT2D eigenvalue weighted by atomic mass is 16.1. The molecular weight excluding hydrogens is 188 g/mol. The molecule has 0 spiro atoms. The van der Waals surface area contributed by atoms with Gasteiger partial charge in [-0.2, -0.15) is 0 Å². The van der Waals surface area contributed by atoms with Crippen molar-refractivity contribution < 1.29 is 4.79 Å². The number of aldehydes is 1. The van der Waals surface area contributed by atoms with Crippen molar-refractivity contribution in [1.82, 2.24) is 10.9 Å². The summed E-state index contributed by atoms with van der Waals surface area (Å²) in [7, 11) is 0. The van der Waals surface area contributed by atoms with Gasteiger partial charge in [-0.3, -0.25) is 10.9 Å². The lowest BCUT2D eigenvalue weighted by molar-refractivity contribution is -0.111. The summed E-state index contributed by atoms with van der Waals surface area (Å²) in [5, 5.41) is 0. The first-order valence-electron chi connectivity index (χ1n) is 5.31. The molecule has 2 rings (SSSR count). The van der Waals surface area contributed by atoms with E-state index in [0.29, 0.717) is 0 Å². The van der Waals surface area contributed by atoms with E-state index < -0.39 is 0 Å². The maximum absolute atomic E-state index is 10.9. The Morgan fingerprint density at radius 2 is 2.00 bits per heavy atom. The normalized spacial score (nSPS) is 30.3. The van der Waals surface area contributed by atoms with Gasteiger partial charge >= 0.3 is 0 Å². The lowest BCUT2D eigenvalue weighted by atomic mass is 9.92. The quantitative estimate of drug-likeness (QED) is 0.719. The van der Waals surface area contributed by atoms with Crippen molar-refractivity contribution >= 4 is 6.29 Å². The van der Waals surface area contributed by atoms with Crippen molar-refractivity contribution in [3.8, 4) is 0 Å². The maximum atomic E-state index is 10.9. The Balaban J connectivity index is 2.03. The second-order valence-electron chi connectivity index (χ2n) is 4.09. The first-order valence-corrected chi connectivity index (χ1v) is 5.31. The van der Waals surface area contributed by atoms with Gasteiger partial charge in [0.05, 0.1) is 0 Å². The van der Waals surface area contributed by atoms with E-state index >= 15 is 0 Å². The van der Waals surface area contributed by atoms with Crippen molar-refractivity contribution in [2.24, 2.45) is 5.92 Å². The summed E-state index contributed by atoms with van der Waals surface area (Å²) in [5.41, 5.74) is 7.55. The fraction of sp³-hybridized carbons (Fsp3) is 0.417. The average Bonchev–Trinajstić information content (AvgIpc) is 2.61. The van der Waals surface area contributed by atoms with Gasteiger partial charge in [-0.1, -0.05) is 30.3 Å².